The van der Waals surface area contributed by atoms with Crippen LogP contribution in [0.3, 0.4) is 0 Å². The predicted octanol–water partition coefficient (Wildman–Crippen LogP) is 2.85. The van der Waals surface area contributed by atoms with Gasteiger partial charge in [0.15, 0.2) is 0 Å². The molecule has 4 heteroatoms. The van der Waals surface area contributed by atoms with Crippen LogP contribution in [-0.2, 0) is 16.1 Å². The summed E-state index contributed by atoms with van der Waals surface area (Å²) in [6.07, 6.45) is 3.21. The maximum absolute atomic E-state index is 13.5. The Hall–Kier alpha value is -1.68. The standard InChI is InChI=1S/C13H15FO3/c1-2-7-17-9-11-5-3-10(8-12(11)14)4-6-13(15)16/h3-6,8H,2,7,9H2,1H3,(H,15,16). The first kappa shape index (κ1) is 13.4. The number of carboxylic acids is 1. The van der Waals surface area contributed by atoms with E-state index in [9.17, 15) is 9.18 Å². The summed E-state index contributed by atoms with van der Waals surface area (Å²) < 4.78 is 18.8. The van der Waals surface area contributed by atoms with Crippen LogP contribution in [0.4, 0.5) is 4.39 Å². The van der Waals surface area contributed by atoms with Crippen molar-refractivity contribution in [1.29, 1.82) is 0 Å². The summed E-state index contributed by atoms with van der Waals surface area (Å²) in [6, 6.07) is 4.56. The highest BCUT2D eigenvalue weighted by Crippen LogP contribution is 2.13. The van der Waals surface area contributed by atoms with Crippen molar-refractivity contribution in [2.24, 2.45) is 0 Å². The highest BCUT2D eigenvalue weighted by molar-refractivity contribution is 5.85. The van der Waals surface area contributed by atoms with Gasteiger partial charge in [0.1, 0.15) is 5.82 Å². The van der Waals surface area contributed by atoms with Gasteiger partial charge in [0.25, 0.3) is 0 Å². The van der Waals surface area contributed by atoms with Gasteiger partial charge in [-0.1, -0.05) is 19.1 Å². The summed E-state index contributed by atoms with van der Waals surface area (Å²) in [5, 5.41) is 8.44. The Morgan fingerprint density at radius 1 is 1.53 bits per heavy atom. The summed E-state index contributed by atoms with van der Waals surface area (Å²) in [6.45, 7) is 2.82. The molecule has 0 aliphatic carbocycles. The van der Waals surface area contributed by atoms with Crippen molar-refractivity contribution in [2.45, 2.75) is 20.0 Å². The number of hydrogen-bond acceptors (Lipinski definition) is 2. The lowest BCUT2D eigenvalue weighted by molar-refractivity contribution is -0.131. The number of rotatable bonds is 6. The van der Waals surface area contributed by atoms with Crippen molar-refractivity contribution in [3.05, 3.63) is 41.2 Å². The molecule has 0 spiro atoms. The molecule has 1 rings (SSSR count). The molecule has 0 heterocycles. The minimum absolute atomic E-state index is 0.239. The van der Waals surface area contributed by atoms with Gasteiger partial charge in [-0.2, -0.15) is 0 Å². The molecule has 17 heavy (non-hydrogen) atoms. The van der Waals surface area contributed by atoms with Crippen LogP contribution < -0.4 is 0 Å². The molecule has 0 aliphatic rings. The minimum Gasteiger partial charge on any atom is -0.478 e. The fourth-order valence-corrected chi connectivity index (χ4v) is 1.28. The molecule has 0 unspecified atom stereocenters. The van der Waals surface area contributed by atoms with Gasteiger partial charge in [-0.15, -0.1) is 0 Å². The Balaban J connectivity index is 2.69. The number of halogens is 1. The molecule has 0 radical (unpaired) electrons. The topological polar surface area (TPSA) is 46.5 Å². The highest BCUT2D eigenvalue weighted by atomic mass is 19.1. The predicted molar refractivity (Wildman–Crippen MR) is 63.0 cm³/mol. The van der Waals surface area contributed by atoms with Gasteiger partial charge in [0.05, 0.1) is 6.61 Å². The van der Waals surface area contributed by atoms with E-state index in [2.05, 4.69) is 0 Å². The molecule has 0 saturated carbocycles. The second-order valence-electron chi connectivity index (χ2n) is 3.58. The van der Waals surface area contributed by atoms with Crippen LogP contribution in [0.5, 0.6) is 0 Å². The Bertz CT molecular complexity index is 413. The normalized spacial score (nSPS) is 10.9. The number of hydrogen-bond donors (Lipinski definition) is 1. The zero-order valence-corrected chi connectivity index (χ0v) is 9.65. The van der Waals surface area contributed by atoms with E-state index in [1.807, 2.05) is 6.92 Å². The third-order valence-electron chi connectivity index (χ3n) is 2.10. The molecule has 92 valence electrons. The number of aliphatic carboxylic acids is 1. The summed E-state index contributed by atoms with van der Waals surface area (Å²) >= 11 is 0. The second kappa shape index (κ2) is 6.81. The molecule has 0 bridgehead atoms. The Morgan fingerprint density at radius 3 is 2.88 bits per heavy atom. The van der Waals surface area contributed by atoms with Crippen LogP contribution in [0.25, 0.3) is 6.08 Å². The van der Waals surface area contributed by atoms with Gasteiger partial charge >= 0.3 is 5.97 Å². The monoisotopic (exact) mass is 238 g/mol. The van der Waals surface area contributed by atoms with Crippen molar-refractivity contribution >= 4 is 12.0 Å². The van der Waals surface area contributed by atoms with Gasteiger partial charge in [-0.05, 0) is 24.1 Å². The van der Waals surface area contributed by atoms with E-state index >= 15 is 0 Å². The van der Waals surface area contributed by atoms with E-state index in [0.29, 0.717) is 17.7 Å². The molecule has 0 atom stereocenters. The maximum atomic E-state index is 13.5. The largest absolute Gasteiger partial charge is 0.478 e. The van der Waals surface area contributed by atoms with E-state index in [1.54, 1.807) is 12.1 Å². The SMILES string of the molecule is CCCOCc1ccc(C=CC(=O)O)cc1F. The molecule has 1 aromatic rings. The third kappa shape index (κ3) is 4.78. The first-order valence-corrected chi connectivity index (χ1v) is 5.40. The number of carboxylic acid groups (broad SMARTS) is 1. The average molecular weight is 238 g/mol. The van der Waals surface area contributed by atoms with Crippen molar-refractivity contribution in [1.82, 2.24) is 0 Å². The zero-order valence-electron chi connectivity index (χ0n) is 9.65. The highest BCUT2D eigenvalue weighted by Gasteiger charge is 2.02. The zero-order chi connectivity index (χ0) is 12.7. The lowest BCUT2D eigenvalue weighted by atomic mass is 10.1. The van der Waals surface area contributed by atoms with Crippen LogP contribution in [-0.4, -0.2) is 17.7 Å². The molecule has 1 aromatic carbocycles. The van der Waals surface area contributed by atoms with Crippen molar-refractivity contribution in [3.8, 4) is 0 Å². The lowest BCUT2D eigenvalue weighted by Crippen LogP contribution is -1.97. The molecule has 0 amide bonds. The molecule has 3 nitrogen and oxygen atoms in total. The van der Waals surface area contributed by atoms with E-state index in [1.165, 1.54) is 12.1 Å². The molecule has 0 saturated heterocycles. The lowest BCUT2D eigenvalue weighted by Gasteiger charge is -2.05. The number of ether oxygens (including phenoxy) is 1. The van der Waals surface area contributed by atoms with Crippen molar-refractivity contribution < 1.29 is 19.0 Å². The molecule has 1 N–H and O–H groups in total. The van der Waals surface area contributed by atoms with E-state index < -0.39 is 5.97 Å². The van der Waals surface area contributed by atoms with E-state index in [4.69, 9.17) is 9.84 Å². The Kier molecular flexibility index (Phi) is 5.36. The van der Waals surface area contributed by atoms with E-state index in [-0.39, 0.29) is 12.4 Å². The average Bonchev–Trinajstić information content (AvgIpc) is 2.29. The molecular formula is C13H15FO3. The van der Waals surface area contributed by atoms with Gasteiger partial charge in [-0.25, -0.2) is 9.18 Å². The summed E-state index contributed by atoms with van der Waals surface area (Å²) in [5.41, 5.74) is 0.995. The third-order valence-corrected chi connectivity index (χ3v) is 2.10. The summed E-state index contributed by atoms with van der Waals surface area (Å²) in [4.78, 5) is 10.3. The Labute approximate surface area is 99.5 Å². The quantitative estimate of drug-likeness (QED) is 0.612. The minimum atomic E-state index is -1.05. The van der Waals surface area contributed by atoms with Crippen molar-refractivity contribution in [2.75, 3.05) is 6.61 Å². The van der Waals surface area contributed by atoms with Gasteiger partial charge in [-0.3, -0.25) is 0 Å². The van der Waals surface area contributed by atoms with Crippen molar-refractivity contribution in [3.63, 3.8) is 0 Å². The molecule has 0 fully saturated rings. The summed E-state index contributed by atoms with van der Waals surface area (Å²) in [7, 11) is 0. The second-order valence-corrected chi connectivity index (χ2v) is 3.58. The Morgan fingerprint density at radius 2 is 2.29 bits per heavy atom. The van der Waals surface area contributed by atoms with Crippen LogP contribution in [0.1, 0.15) is 24.5 Å². The van der Waals surface area contributed by atoms with Crippen LogP contribution in [0.2, 0.25) is 0 Å². The number of carbonyl (C=O) groups is 1. The van der Waals surface area contributed by atoms with Crippen LogP contribution >= 0.6 is 0 Å². The fraction of sp³-hybridized carbons (Fsp3) is 0.308. The fourth-order valence-electron chi connectivity index (χ4n) is 1.28. The summed E-state index contributed by atoms with van der Waals surface area (Å²) in [5.74, 6) is -1.44. The first-order valence-electron chi connectivity index (χ1n) is 5.40. The van der Waals surface area contributed by atoms with E-state index in [0.717, 1.165) is 12.5 Å². The van der Waals surface area contributed by atoms with Gasteiger partial charge in [0, 0.05) is 18.2 Å². The smallest absolute Gasteiger partial charge is 0.328 e. The maximum Gasteiger partial charge on any atom is 0.328 e. The molecular weight excluding hydrogens is 223 g/mol. The van der Waals surface area contributed by atoms with Gasteiger partial charge < -0.3 is 9.84 Å². The number of benzene rings is 1. The molecule has 0 aliphatic heterocycles. The van der Waals surface area contributed by atoms with Gasteiger partial charge in [0.2, 0.25) is 0 Å². The molecule has 0 aromatic heterocycles. The van der Waals surface area contributed by atoms with Crippen LogP contribution in [0.15, 0.2) is 24.3 Å². The first-order chi connectivity index (χ1) is 8.13. The van der Waals surface area contributed by atoms with Crippen LogP contribution in [0, 0.1) is 5.82 Å².